The van der Waals surface area contributed by atoms with Crippen LogP contribution in [0.4, 0.5) is 0 Å². The molecule has 0 aliphatic carbocycles. The van der Waals surface area contributed by atoms with Gasteiger partial charge in [-0.3, -0.25) is 0 Å². The van der Waals surface area contributed by atoms with E-state index in [-0.39, 0.29) is 0 Å². The predicted molar refractivity (Wildman–Crippen MR) is 111 cm³/mol. The highest BCUT2D eigenvalue weighted by molar-refractivity contribution is 6.31. The summed E-state index contributed by atoms with van der Waals surface area (Å²) >= 11 is 6.16. The summed E-state index contributed by atoms with van der Waals surface area (Å²) < 4.78 is 4.06. The van der Waals surface area contributed by atoms with Gasteiger partial charge in [-0.1, -0.05) is 25.4 Å². The molecule has 140 valence electrons. The summed E-state index contributed by atoms with van der Waals surface area (Å²) in [6.07, 6.45) is 2.17. The van der Waals surface area contributed by atoms with Crippen LogP contribution < -0.4 is 0 Å². The number of halogens is 1. The van der Waals surface area contributed by atoms with Gasteiger partial charge in [-0.05, 0) is 56.9 Å². The summed E-state index contributed by atoms with van der Waals surface area (Å²) in [6, 6.07) is 7.97. The Kier molecular flexibility index (Phi) is 4.42. The maximum Gasteiger partial charge on any atom is 0.161 e. The Morgan fingerprint density at radius 3 is 2.52 bits per heavy atom. The Hall–Kier alpha value is -2.40. The van der Waals surface area contributed by atoms with Gasteiger partial charge in [-0.2, -0.15) is 5.10 Å². The highest BCUT2D eigenvalue weighted by atomic mass is 35.5. The molecule has 1 aromatic carbocycles. The average molecular weight is 382 g/mol. The Labute approximate surface area is 164 Å². The minimum atomic E-state index is 0.475. The summed E-state index contributed by atoms with van der Waals surface area (Å²) in [4.78, 5) is 9.75. The minimum absolute atomic E-state index is 0.475. The van der Waals surface area contributed by atoms with E-state index in [1.807, 2.05) is 43.6 Å². The standard InChI is InChI=1S/C21H24ClN5/c1-6-14(7-2)16-10-12(3)25-27-19(13(4)23-20(16)27)21-24-17-11-15(22)8-9-18(17)26(21)5/h8-11,14H,6-7H2,1-5H3. The fraction of sp³-hybridized carbons (Fsp3) is 0.381. The predicted octanol–water partition coefficient (Wildman–Crippen LogP) is 5.46. The van der Waals surface area contributed by atoms with Gasteiger partial charge in [0.25, 0.3) is 0 Å². The van der Waals surface area contributed by atoms with E-state index in [0.717, 1.165) is 52.4 Å². The molecule has 0 saturated heterocycles. The molecular formula is C21H24ClN5. The molecule has 0 radical (unpaired) electrons. The molecule has 0 saturated carbocycles. The zero-order valence-corrected chi connectivity index (χ0v) is 17.2. The molecule has 0 aliphatic heterocycles. The highest BCUT2D eigenvalue weighted by Crippen LogP contribution is 2.32. The first-order valence-corrected chi connectivity index (χ1v) is 9.81. The van der Waals surface area contributed by atoms with Crippen molar-refractivity contribution in [1.29, 1.82) is 0 Å². The summed E-state index contributed by atoms with van der Waals surface area (Å²) in [6.45, 7) is 8.53. The van der Waals surface area contributed by atoms with E-state index in [2.05, 4.69) is 24.5 Å². The van der Waals surface area contributed by atoms with Crippen LogP contribution >= 0.6 is 11.6 Å². The normalized spacial score (nSPS) is 12.0. The molecule has 6 heteroatoms. The van der Waals surface area contributed by atoms with Crippen molar-refractivity contribution in [3.05, 3.63) is 46.2 Å². The molecule has 4 rings (SSSR count). The molecule has 0 unspecified atom stereocenters. The first-order chi connectivity index (χ1) is 12.9. The van der Waals surface area contributed by atoms with Crippen molar-refractivity contribution in [2.45, 2.75) is 46.5 Å². The van der Waals surface area contributed by atoms with E-state index < -0.39 is 0 Å². The average Bonchev–Trinajstić information content (AvgIpc) is 3.12. The van der Waals surface area contributed by atoms with Crippen molar-refractivity contribution in [3.8, 4) is 11.5 Å². The van der Waals surface area contributed by atoms with Crippen LogP contribution in [0.1, 0.15) is 49.6 Å². The van der Waals surface area contributed by atoms with Gasteiger partial charge in [-0.15, -0.1) is 0 Å². The van der Waals surface area contributed by atoms with Gasteiger partial charge in [0.15, 0.2) is 11.5 Å². The Balaban J connectivity index is 2.03. The molecule has 3 aromatic heterocycles. The lowest BCUT2D eigenvalue weighted by atomic mass is 9.95. The number of hydrogen-bond donors (Lipinski definition) is 0. The van der Waals surface area contributed by atoms with Gasteiger partial charge in [0.2, 0.25) is 0 Å². The lowest BCUT2D eigenvalue weighted by molar-refractivity contribution is 0.638. The van der Waals surface area contributed by atoms with Crippen molar-refractivity contribution >= 4 is 28.3 Å². The molecule has 0 N–H and O–H groups in total. The third-order valence-corrected chi connectivity index (χ3v) is 5.62. The van der Waals surface area contributed by atoms with E-state index in [1.54, 1.807) is 0 Å². The number of rotatable bonds is 4. The van der Waals surface area contributed by atoms with E-state index in [1.165, 1.54) is 5.56 Å². The Morgan fingerprint density at radius 2 is 1.81 bits per heavy atom. The number of nitrogens with zero attached hydrogens (tertiary/aromatic N) is 5. The third-order valence-electron chi connectivity index (χ3n) is 5.39. The highest BCUT2D eigenvalue weighted by Gasteiger charge is 2.22. The smallest absolute Gasteiger partial charge is 0.161 e. The second kappa shape index (κ2) is 6.64. The summed E-state index contributed by atoms with van der Waals surface area (Å²) in [5.74, 6) is 1.33. The first-order valence-electron chi connectivity index (χ1n) is 9.43. The molecule has 0 spiro atoms. The molecule has 5 nitrogen and oxygen atoms in total. The summed E-state index contributed by atoms with van der Waals surface area (Å²) in [7, 11) is 2.02. The molecule has 0 amide bonds. The number of fused-ring (bicyclic) bond motifs is 2. The second-order valence-corrected chi connectivity index (χ2v) is 7.60. The van der Waals surface area contributed by atoms with Crippen LogP contribution in [-0.4, -0.2) is 24.1 Å². The van der Waals surface area contributed by atoms with Gasteiger partial charge < -0.3 is 4.57 Å². The molecule has 0 bridgehead atoms. The second-order valence-electron chi connectivity index (χ2n) is 7.16. The van der Waals surface area contributed by atoms with Crippen LogP contribution in [0.25, 0.3) is 28.2 Å². The Bertz CT molecular complexity index is 1150. The van der Waals surface area contributed by atoms with Crippen molar-refractivity contribution in [3.63, 3.8) is 0 Å². The third kappa shape index (κ3) is 2.81. The molecule has 0 aliphatic rings. The quantitative estimate of drug-likeness (QED) is 0.471. The summed E-state index contributed by atoms with van der Waals surface area (Å²) in [5.41, 5.74) is 6.99. The van der Waals surface area contributed by atoms with Gasteiger partial charge in [-0.25, -0.2) is 14.5 Å². The number of imidazole rings is 2. The van der Waals surface area contributed by atoms with Crippen LogP contribution in [0, 0.1) is 13.8 Å². The van der Waals surface area contributed by atoms with Crippen LogP contribution in [-0.2, 0) is 7.05 Å². The molecule has 4 aromatic rings. The molecule has 0 fully saturated rings. The zero-order valence-electron chi connectivity index (χ0n) is 16.4. The lowest BCUT2D eigenvalue weighted by Crippen LogP contribution is -2.06. The maximum absolute atomic E-state index is 6.16. The monoisotopic (exact) mass is 381 g/mol. The van der Waals surface area contributed by atoms with Crippen LogP contribution in [0.3, 0.4) is 0 Å². The van der Waals surface area contributed by atoms with Crippen LogP contribution in [0.2, 0.25) is 5.02 Å². The van der Waals surface area contributed by atoms with Crippen LogP contribution in [0.15, 0.2) is 24.3 Å². The van der Waals surface area contributed by atoms with Crippen molar-refractivity contribution < 1.29 is 0 Å². The van der Waals surface area contributed by atoms with Gasteiger partial charge in [0.1, 0.15) is 5.69 Å². The SMILES string of the molecule is CCC(CC)c1cc(C)nn2c(-c3nc4cc(Cl)ccc4n3C)c(C)nc12. The molecular weight excluding hydrogens is 358 g/mol. The van der Waals surface area contributed by atoms with Crippen LogP contribution in [0.5, 0.6) is 0 Å². The van der Waals surface area contributed by atoms with Crippen molar-refractivity contribution in [2.24, 2.45) is 7.05 Å². The van der Waals surface area contributed by atoms with E-state index in [4.69, 9.17) is 26.7 Å². The van der Waals surface area contributed by atoms with Gasteiger partial charge >= 0.3 is 0 Å². The number of benzene rings is 1. The fourth-order valence-corrected chi connectivity index (χ4v) is 4.12. The number of aryl methyl sites for hydroxylation is 3. The zero-order chi connectivity index (χ0) is 19.3. The lowest BCUT2D eigenvalue weighted by Gasteiger charge is -2.14. The molecule has 3 heterocycles. The number of hydrogen-bond acceptors (Lipinski definition) is 3. The first kappa shape index (κ1) is 18.0. The van der Waals surface area contributed by atoms with Gasteiger partial charge in [0.05, 0.1) is 22.4 Å². The van der Waals surface area contributed by atoms with E-state index in [0.29, 0.717) is 10.9 Å². The topological polar surface area (TPSA) is 48.0 Å². The number of aromatic nitrogens is 5. The largest absolute Gasteiger partial charge is 0.326 e. The molecule has 27 heavy (non-hydrogen) atoms. The summed E-state index contributed by atoms with van der Waals surface area (Å²) in [5, 5.41) is 5.48. The van der Waals surface area contributed by atoms with Gasteiger partial charge in [0, 0.05) is 17.6 Å². The fourth-order valence-electron chi connectivity index (χ4n) is 3.95. The maximum atomic E-state index is 6.16. The minimum Gasteiger partial charge on any atom is -0.326 e. The van der Waals surface area contributed by atoms with Crippen molar-refractivity contribution in [2.75, 3.05) is 0 Å². The Morgan fingerprint density at radius 1 is 1.07 bits per heavy atom. The van der Waals surface area contributed by atoms with E-state index in [9.17, 15) is 0 Å². The van der Waals surface area contributed by atoms with Crippen molar-refractivity contribution in [1.82, 2.24) is 24.1 Å². The van der Waals surface area contributed by atoms with E-state index >= 15 is 0 Å². The molecule has 0 atom stereocenters.